The zero-order valence-electron chi connectivity index (χ0n) is 18.8. The lowest BCUT2D eigenvalue weighted by molar-refractivity contribution is -0.149. The summed E-state index contributed by atoms with van der Waals surface area (Å²) in [6.07, 6.45) is 2.10. The zero-order chi connectivity index (χ0) is 23.7. The van der Waals surface area contributed by atoms with Crippen LogP contribution < -0.4 is 10.0 Å². The lowest BCUT2D eigenvalue weighted by Gasteiger charge is -2.19. The molecule has 174 valence electrons. The Hall–Kier alpha value is -2.36. The summed E-state index contributed by atoms with van der Waals surface area (Å²) in [7, 11) is -3.90. The number of aryl methyl sites for hydroxylation is 1. The van der Waals surface area contributed by atoms with Crippen molar-refractivity contribution in [2.24, 2.45) is 0 Å². The molecule has 9 heteroatoms. The smallest absolute Gasteiger partial charge is 0.324 e. The standard InChI is InChI=1S/C23H30N2O5S2/c1-16(2)19-12-8-9-17(3)22(19)24-21(26)15-30-23(27)20(13-14-31-4)25-32(28,29)18-10-6-5-7-11-18/h5-12,16,20,25H,13-15H2,1-4H3,(H,24,26). The third-order valence-electron chi connectivity index (χ3n) is 4.78. The lowest BCUT2D eigenvalue weighted by atomic mass is 9.98. The Balaban J connectivity index is 2.05. The van der Waals surface area contributed by atoms with Crippen molar-refractivity contribution in [1.82, 2.24) is 4.72 Å². The van der Waals surface area contributed by atoms with Gasteiger partial charge >= 0.3 is 5.97 Å². The summed E-state index contributed by atoms with van der Waals surface area (Å²) in [4.78, 5) is 25.1. The van der Waals surface area contributed by atoms with Crippen molar-refractivity contribution in [1.29, 1.82) is 0 Å². The molecule has 0 saturated carbocycles. The Morgan fingerprint density at radius 2 is 1.75 bits per heavy atom. The minimum atomic E-state index is -3.90. The SMILES string of the molecule is CSCCC(NS(=O)(=O)c1ccccc1)C(=O)OCC(=O)Nc1c(C)cccc1C(C)C. The van der Waals surface area contributed by atoms with Crippen LogP contribution in [0.1, 0.15) is 37.3 Å². The molecule has 0 bridgehead atoms. The first-order chi connectivity index (χ1) is 15.2. The maximum Gasteiger partial charge on any atom is 0.324 e. The third kappa shape index (κ3) is 7.36. The Bertz CT molecular complexity index is 1020. The number of nitrogens with one attached hydrogen (secondary N) is 2. The number of para-hydroxylation sites is 1. The van der Waals surface area contributed by atoms with Crippen LogP contribution in [0.25, 0.3) is 0 Å². The van der Waals surface area contributed by atoms with Gasteiger partial charge in [-0.25, -0.2) is 8.42 Å². The van der Waals surface area contributed by atoms with Crippen LogP contribution in [0.3, 0.4) is 0 Å². The van der Waals surface area contributed by atoms with Gasteiger partial charge < -0.3 is 10.1 Å². The lowest BCUT2D eigenvalue weighted by Crippen LogP contribution is -2.43. The molecule has 2 rings (SSSR count). The van der Waals surface area contributed by atoms with Crippen LogP contribution in [0.4, 0.5) is 5.69 Å². The molecule has 1 atom stereocenters. The maximum absolute atomic E-state index is 12.6. The second kappa shape index (κ2) is 12.0. The molecular formula is C23H30N2O5S2. The number of ether oxygens (including phenoxy) is 1. The Kier molecular flexibility index (Phi) is 9.74. The fourth-order valence-corrected chi connectivity index (χ4v) is 4.78. The minimum absolute atomic E-state index is 0.0560. The second-order valence-corrected chi connectivity index (χ2v) is 10.3. The molecule has 0 spiro atoms. The van der Waals surface area contributed by atoms with Gasteiger partial charge in [0, 0.05) is 5.69 Å². The van der Waals surface area contributed by atoms with E-state index in [2.05, 4.69) is 10.0 Å². The van der Waals surface area contributed by atoms with Gasteiger partial charge in [-0.15, -0.1) is 0 Å². The minimum Gasteiger partial charge on any atom is -0.454 e. The van der Waals surface area contributed by atoms with Crippen LogP contribution in [-0.2, 0) is 24.3 Å². The van der Waals surface area contributed by atoms with Crippen LogP contribution in [-0.4, -0.2) is 45.0 Å². The van der Waals surface area contributed by atoms with Crippen LogP contribution >= 0.6 is 11.8 Å². The van der Waals surface area contributed by atoms with Crippen molar-refractivity contribution in [2.45, 2.75) is 44.0 Å². The maximum atomic E-state index is 12.6. The van der Waals surface area contributed by atoms with Gasteiger partial charge in [0.25, 0.3) is 5.91 Å². The second-order valence-electron chi connectivity index (χ2n) is 7.62. The highest BCUT2D eigenvalue weighted by Gasteiger charge is 2.27. The molecule has 1 amide bonds. The molecule has 0 fully saturated rings. The van der Waals surface area contributed by atoms with Crippen LogP contribution in [0.15, 0.2) is 53.4 Å². The molecular weight excluding hydrogens is 448 g/mol. The highest BCUT2D eigenvalue weighted by Crippen LogP contribution is 2.27. The number of esters is 1. The van der Waals surface area contributed by atoms with E-state index in [0.717, 1.165) is 11.1 Å². The molecule has 1 unspecified atom stereocenters. The Morgan fingerprint density at radius 1 is 1.06 bits per heavy atom. The van der Waals surface area contributed by atoms with E-state index in [9.17, 15) is 18.0 Å². The highest BCUT2D eigenvalue weighted by atomic mass is 32.2. The molecule has 32 heavy (non-hydrogen) atoms. The van der Waals surface area contributed by atoms with Gasteiger partial charge in [0.05, 0.1) is 4.90 Å². The van der Waals surface area contributed by atoms with E-state index in [4.69, 9.17) is 4.74 Å². The van der Waals surface area contributed by atoms with E-state index in [1.165, 1.54) is 23.9 Å². The number of amides is 1. The molecule has 0 aliphatic rings. The van der Waals surface area contributed by atoms with Crippen molar-refractivity contribution in [3.63, 3.8) is 0 Å². The van der Waals surface area contributed by atoms with E-state index < -0.39 is 34.5 Å². The fraction of sp³-hybridized carbons (Fsp3) is 0.391. The van der Waals surface area contributed by atoms with Crippen LogP contribution in [0, 0.1) is 6.92 Å². The monoisotopic (exact) mass is 478 g/mol. The van der Waals surface area contributed by atoms with Gasteiger partial charge in [-0.3, -0.25) is 9.59 Å². The molecule has 2 aromatic carbocycles. The molecule has 0 saturated heterocycles. The topological polar surface area (TPSA) is 102 Å². The van der Waals surface area contributed by atoms with Crippen molar-refractivity contribution in [3.05, 3.63) is 59.7 Å². The van der Waals surface area contributed by atoms with Crippen molar-refractivity contribution in [3.8, 4) is 0 Å². The molecule has 0 aromatic heterocycles. The Morgan fingerprint density at radius 3 is 2.38 bits per heavy atom. The number of hydrogen-bond acceptors (Lipinski definition) is 6. The number of benzene rings is 2. The molecule has 2 N–H and O–H groups in total. The quantitative estimate of drug-likeness (QED) is 0.478. The fourth-order valence-electron chi connectivity index (χ4n) is 3.07. The van der Waals surface area contributed by atoms with E-state index in [-0.39, 0.29) is 17.2 Å². The molecule has 7 nitrogen and oxygen atoms in total. The van der Waals surface area contributed by atoms with Gasteiger partial charge in [-0.1, -0.05) is 50.2 Å². The first kappa shape index (κ1) is 25.9. The first-order valence-corrected chi connectivity index (χ1v) is 13.2. The number of anilines is 1. The zero-order valence-corrected chi connectivity index (χ0v) is 20.4. The summed E-state index contributed by atoms with van der Waals surface area (Å²) in [5.74, 6) is -0.521. The summed E-state index contributed by atoms with van der Waals surface area (Å²) < 4.78 is 32.8. The summed E-state index contributed by atoms with van der Waals surface area (Å²) in [5, 5.41) is 2.81. The number of thioether (sulfide) groups is 1. The van der Waals surface area contributed by atoms with Gasteiger partial charge in [-0.05, 0) is 54.5 Å². The molecule has 0 radical (unpaired) electrons. The molecule has 2 aromatic rings. The van der Waals surface area contributed by atoms with Crippen molar-refractivity contribution in [2.75, 3.05) is 23.9 Å². The van der Waals surface area contributed by atoms with Gasteiger partial charge in [0.1, 0.15) is 6.04 Å². The number of sulfonamides is 1. The van der Waals surface area contributed by atoms with Gasteiger partial charge in [0.15, 0.2) is 6.61 Å². The number of hydrogen-bond donors (Lipinski definition) is 2. The Labute approximate surface area is 194 Å². The van der Waals surface area contributed by atoms with E-state index in [1.54, 1.807) is 18.2 Å². The van der Waals surface area contributed by atoms with Gasteiger partial charge in [0.2, 0.25) is 10.0 Å². The summed E-state index contributed by atoms with van der Waals surface area (Å²) in [6.45, 7) is 5.44. The van der Waals surface area contributed by atoms with E-state index >= 15 is 0 Å². The highest BCUT2D eigenvalue weighted by molar-refractivity contribution is 7.98. The van der Waals surface area contributed by atoms with Crippen LogP contribution in [0.2, 0.25) is 0 Å². The third-order valence-corrected chi connectivity index (χ3v) is 6.91. The molecule has 0 heterocycles. The summed E-state index contributed by atoms with van der Waals surface area (Å²) in [6, 6.07) is 12.5. The van der Waals surface area contributed by atoms with Crippen molar-refractivity contribution < 1.29 is 22.7 Å². The van der Waals surface area contributed by atoms with Crippen molar-refractivity contribution >= 4 is 39.3 Å². The molecule has 0 aliphatic carbocycles. The first-order valence-electron chi connectivity index (χ1n) is 10.3. The van der Waals surface area contributed by atoms with E-state index in [1.807, 2.05) is 45.2 Å². The van der Waals surface area contributed by atoms with Crippen LogP contribution in [0.5, 0.6) is 0 Å². The summed E-state index contributed by atoms with van der Waals surface area (Å²) in [5.41, 5.74) is 2.59. The van der Waals surface area contributed by atoms with Gasteiger partial charge in [-0.2, -0.15) is 16.5 Å². The average molecular weight is 479 g/mol. The number of rotatable bonds is 11. The number of carbonyl (C=O) groups excluding carboxylic acids is 2. The predicted octanol–water partition coefficient (Wildman–Crippen LogP) is 3.70. The largest absolute Gasteiger partial charge is 0.454 e. The molecule has 0 aliphatic heterocycles. The predicted molar refractivity (Wildman–Crippen MR) is 128 cm³/mol. The summed E-state index contributed by atoms with van der Waals surface area (Å²) >= 11 is 1.48. The average Bonchev–Trinajstić information content (AvgIpc) is 2.76. The normalized spacial score (nSPS) is 12.4. The number of carbonyl (C=O) groups is 2. The van der Waals surface area contributed by atoms with E-state index in [0.29, 0.717) is 11.4 Å².